The molecule has 0 radical (unpaired) electrons. The first-order chi connectivity index (χ1) is 19.5. The van der Waals surface area contributed by atoms with E-state index in [9.17, 15) is 22.4 Å². The maximum absolute atomic E-state index is 14.4. The fraction of sp³-hybridized carbons (Fsp3) is 0.222. The minimum atomic E-state index is -5.19. The molecule has 0 aliphatic carbocycles. The van der Waals surface area contributed by atoms with Crippen molar-refractivity contribution < 1.29 is 31.7 Å². The van der Waals surface area contributed by atoms with Crippen molar-refractivity contribution in [3.63, 3.8) is 0 Å². The van der Waals surface area contributed by atoms with Crippen LogP contribution in [0.5, 0.6) is 0 Å². The summed E-state index contributed by atoms with van der Waals surface area (Å²) in [4.78, 5) is 27.6. The molecule has 212 valence electrons. The van der Waals surface area contributed by atoms with Gasteiger partial charge in [0.05, 0.1) is 5.69 Å². The number of imidazole rings is 1. The molecule has 0 amide bonds. The lowest BCUT2D eigenvalue weighted by molar-refractivity contribution is -0.199. The van der Waals surface area contributed by atoms with E-state index in [-0.39, 0.29) is 23.5 Å². The summed E-state index contributed by atoms with van der Waals surface area (Å²) >= 11 is 6.68. The van der Waals surface area contributed by atoms with Crippen molar-refractivity contribution in [2.24, 2.45) is 0 Å². The van der Waals surface area contributed by atoms with E-state index in [0.29, 0.717) is 33.2 Å². The number of nitrogens with one attached hydrogen (secondary N) is 1. The molecule has 9 nitrogen and oxygen atoms in total. The highest BCUT2D eigenvalue weighted by atomic mass is 35.5. The highest BCUT2D eigenvalue weighted by Crippen LogP contribution is 2.43. The van der Waals surface area contributed by atoms with Gasteiger partial charge in [-0.15, -0.1) is 4.73 Å². The van der Waals surface area contributed by atoms with Crippen LogP contribution in [0.4, 0.5) is 23.4 Å². The van der Waals surface area contributed by atoms with Crippen molar-refractivity contribution in [3.8, 4) is 22.3 Å². The molecule has 0 fully saturated rings. The van der Waals surface area contributed by atoms with Crippen molar-refractivity contribution in [3.05, 3.63) is 76.4 Å². The van der Waals surface area contributed by atoms with Crippen LogP contribution in [0.1, 0.15) is 22.6 Å². The average molecular weight is 589 g/mol. The Balaban J connectivity index is 1.50. The molecule has 41 heavy (non-hydrogen) atoms. The number of aryl methyl sites for hydroxylation is 2. The fourth-order valence-corrected chi connectivity index (χ4v) is 4.82. The SMILES string of the molecule is Cc1noc(C)c1-c1c(C)c(Cl)cc(CCNc2ncnc3c2ncn3OC(=O)C(F)(F)F)c1-c1cccc(F)c1. The van der Waals surface area contributed by atoms with Crippen molar-refractivity contribution in [2.75, 3.05) is 11.9 Å². The molecular formula is C27H21ClF4N6O3. The van der Waals surface area contributed by atoms with Gasteiger partial charge in [-0.2, -0.15) is 13.2 Å². The summed E-state index contributed by atoms with van der Waals surface area (Å²) < 4.78 is 58.3. The minimum Gasteiger partial charge on any atom is -0.368 e. The molecule has 0 bridgehead atoms. The Morgan fingerprint density at radius 1 is 1.10 bits per heavy atom. The summed E-state index contributed by atoms with van der Waals surface area (Å²) in [7, 11) is 0. The van der Waals surface area contributed by atoms with Crippen molar-refractivity contribution >= 4 is 34.6 Å². The van der Waals surface area contributed by atoms with Gasteiger partial charge in [0, 0.05) is 17.1 Å². The molecule has 0 aliphatic rings. The van der Waals surface area contributed by atoms with Gasteiger partial charge in [-0.3, -0.25) is 0 Å². The highest BCUT2D eigenvalue weighted by molar-refractivity contribution is 6.32. The fourth-order valence-electron chi connectivity index (χ4n) is 4.59. The van der Waals surface area contributed by atoms with Gasteiger partial charge >= 0.3 is 12.1 Å². The molecule has 0 atom stereocenters. The second-order valence-corrected chi connectivity index (χ2v) is 9.53. The van der Waals surface area contributed by atoms with Gasteiger partial charge in [0.1, 0.15) is 24.2 Å². The predicted octanol–water partition coefficient (Wildman–Crippen LogP) is 6.04. The van der Waals surface area contributed by atoms with E-state index in [4.69, 9.17) is 16.1 Å². The van der Waals surface area contributed by atoms with E-state index in [1.54, 1.807) is 25.1 Å². The number of alkyl halides is 3. The highest BCUT2D eigenvalue weighted by Gasteiger charge is 2.42. The second kappa shape index (κ2) is 10.8. The Morgan fingerprint density at radius 3 is 2.56 bits per heavy atom. The van der Waals surface area contributed by atoms with E-state index in [1.165, 1.54) is 12.1 Å². The molecular weight excluding hydrogens is 568 g/mol. The van der Waals surface area contributed by atoms with Crippen LogP contribution in [0.25, 0.3) is 33.4 Å². The number of rotatable bonds is 7. The zero-order valence-corrected chi connectivity index (χ0v) is 22.6. The molecule has 5 rings (SSSR count). The molecule has 5 aromatic rings. The van der Waals surface area contributed by atoms with Crippen molar-refractivity contribution in [1.82, 2.24) is 24.8 Å². The van der Waals surface area contributed by atoms with E-state index in [1.807, 2.05) is 13.8 Å². The van der Waals surface area contributed by atoms with Crippen LogP contribution >= 0.6 is 11.6 Å². The van der Waals surface area contributed by atoms with Gasteiger partial charge in [-0.25, -0.2) is 24.1 Å². The Bertz CT molecular complexity index is 1760. The molecule has 1 N–H and O–H groups in total. The largest absolute Gasteiger partial charge is 0.493 e. The Labute approximate surface area is 235 Å². The van der Waals surface area contributed by atoms with Crippen LogP contribution in [0, 0.1) is 26.6 Å². The Hall–Kier alpha value is -4.52. The monoisotopic (exact) mass is 588 g/mol. The molecule has 14 heteroatoms. The van der Waals surface area contributed by atoms with Crippen molar-refractivity contribution in [2.45, 2.75) is 33.4 Å². The molecule has 0 unspecified atom stereocenters. The van der Waals surface area contributed by atoms with Crippen LogP contribution in [-0.2, 0) is 11.2 Å². The summed E-state index contributed by atoms with van der Waals surface area (Å²) in [6, 6.07) is 8.01. The van der Waals surface area contributed by atoms with Gasteiger partial charge < -0.3 is 14.7 Å². The average Bonchev–Trinajstić information content (AvgIpc) is 3.48. The third-order valence-corrected chi connectivity index (χ3v) is 6.80. The van der Waals surface area contributed by atoms with Crippen LogP contribution in [0.3, 0.4) is 0 Å². The first-order valence-corrected chi connectivity index (χ1v) is 12.6. The summed E-state index contributed by atoms with van der Waals surface area (Å²) in [5.41, 5.74) is 5.06. The zero-order valence-electron chi connectivity index (χ0n) is 21.8. The Kier molecular flexibility index (Phi) is 7.39. The zero-order chi connectivity index (χ0) is 29.5. The topological polar surface area (TPSA) is 108 Å². The number of hydrogen-bond donors (Lipinski definition) is 1. The van der Waals surface area contributed by atoms with Gasteiger partial charge in [0.2, 0.25) is 5.65 Å². The minimum absolute atomic E-state index is 0.0891. The number of aromatic nitrogens is 5. The van der Waals surface area contributed by atoms with E-state index < -0.39 is 18.0 Å². The number of carbonyl (C=O) groups is 1. The number of nitrogens with zero attached hydrogens (tertiary/aromatic N) is 5. The summed E-state index contributed by atoms with van der Waals surface area (Å²) in [5, 5.41) is 7.68. The molecule has 3 heterocycles. The predicted molar refractivity (Wildman–Crippen MR) is 142 cm³/mol. The molecule has 0 spiro atoms. The molecule has 0 saturated heterocycles. The second-order valence-electron chi connectivity index (χ2n) is 9.12. The van der Waals surface area contributed by atoms with E-state index in [2.05, 4.69) is 30.3 Å². The van der Waals surface area contributed by atoms with Crippen LogP contribution in [0.2, 0.25) is 5.02 Å². The maximum atomic E-state index is 14.4. The van der Waals surface area contributed by atoms with Gasteiger partial charge in [0.25, 0.3) is 0 Å². The van der Waals surface area contributed by atoms with Crippen LogP contribution in [0.15, 0.2) is 47.5 Å². The summed E-state index contributed by atoms with van der Waals surface area (Å²) in [6.07, 6.45) is -2.83. The van der Waals surface area contributed by atoms with Gasteiger partial charge in [0.15, 0.2) is 11.3 Å². The van der Waals surface area contributed by atoms with Gasteiger partial charge in [-0.1, -0.05) is 28.9 Å². The first kappa shape index (κ1) is 28.0. The Morgan fingerprint density at radius 2 is 1.88 bits per heavy atom. The standard InChI is InChI=1S/C27H21ClF4N6O3/c1-13-19(28)10-17(22(16-5-4-6-18(29)9-16)20(13)21-14(2)37-40-15(21)3)7-8-33-24-23-25(35-11-34-24)38(12-36-23)41-26(39)27(30,31)32/h4-6,9-12H,7-8H2,1-3H3,(H,33,34,35). The van der Waals surface area contributed by atoms with Gasteiger partial charge in [-0.05, 0) is 73.2 Å². The first-order valence-electron chi connectivity index (χ1n) is 12.2. The van der Waals surface area contributed by atoms with Crippen LogP contribution < -0.4 is 10.2 Å². The number of hydrogen-bond acceptors (Lipinski definition) is 8. The lowest BCUT2D eigenvalue weighted by Crippen LogP contribution is -2.33. The number of carbonyl (C=O) groups excluding carboxylic acids is 1. The molecule has 3 aromatic heterocycles. The summed E-state index contributed by atoms with van der Waals surface area (Å²) in [6.45, 7) is 5.74. The lowest BCUT2D eigenvalue weighted by atomic mass is 9.85. The number of anilines is 1. The quantitative estimate of drug-likeness (QED) is 0.229. The van der Waals surface area contributed by atoms with Crippen LogP contribution in [-0.4, -0.2) is 43.5 Å². The lowest BCUT2D eigenvalue weighted by Gasteiger charge is -2.20. The third-order valence-electron chi connectivity index (χ3n) is 6.40. The smallest absolute Gasteiger partial charge is 0.368 e. The normalized spacial score (nSPS) is 11.7. The third kappa shape index (κ3) is 5.44. The maximum Gasteiger partial charge on any atom is 0.493 e. The molecule has 0 aliphatic heterocycles. The molecule has 2 aromatic carbocycles. The summed E-state index contributed by atoms with van der Waals surface area (Å²) in [5.74, 6) is -2.04. The van der Waals surface area contributed by atoms with E-state index >= 15 is 0 Å². The van der Waals surface area contributed by atoms with E-state index in [0.717, 1.165) is 40.5 Å². The van der Waals surface area contributed by atoms with Crippen molar-refractivity contribution in [1.29, 1.82) is 0 Å². The number of fused-ring (bicyclic) bond motifs is 1. The molecule has 0 saturated carbocycles. The number of benzene rings is 2. The number of halogens is 5.